The van der Waals surface area contributed by atoms with Crippen molar-refractivity contribution < 1.29 is 18.7 Å². The number of hydrogen-bond acceptors (Lipinski definition) is 6. The van der Waals surface area contributed by atoms with Crippen LogP contribution in [0.25, 0.3) is 0 Å². The summed E-state index contributed by atoms with van der Waals surface area (Å²) in [5, 5.41) is 10.6. The fraction of sp³-hybridized carbons (Fsp3) is 0.250. The molecule has 0 atom stereocenters. The fourth-order valence-electron chi connectivity index (χ4n) is 2.55. The molecule has 7 heteroatoms. The predicted octanol–water partition coefficient (Wildman–Crippen LogP) is 2.92. The lowest BCUT2D eigenvalue weighted by Crippen LogP contribution is -2.23. The summed E-state index contributed by atoms with van der Waals surface area (Å²) in [5.41, 5.74) is 3.07. The van der Waals surface area contributed by atoms with Crippen molar-refractivity contribution in [2.24, 2.45) is 0 Å². The number of ether oxygens (including phenoxy) is 2. The van der Waals surface area contributed by atoms with Gasteiger partial charge >= 0.3 is 11.8 Å². The Morgan fingerprint density at radius 2 is 1.70 bits per heavy atom. The molecule has 0 aliphatic carbocycles. The number of amides is 1. The first-order valence-electron chi connectivity index (χ1n) is 8.46. The molecule has 7 nitrogen and oxygen atoms in total. The molecule has 0 saturated carbocycles. The van der Waals surface area contributed by atoms with Crippen molar-refractivity contribution in [1.29, 1.82) is 0 Å². The van der Waals surface area contributed by atoms with Crippen LogP contribution in [0, 0.1) is 6.92 Å². The van der Waals surface area contributed by atoms with Crippen molar-refractivity contribution in [1.82, 2.24) is 15.5 Å². The third kappa shape index (κ3) is 4.63. The number of nitrogens with one attached hydrogen (secondary N) is 1. The molecule has 2 aromatic carbocycles. The standard InChI is InChI=1S/C20H21N3O4/c1-13-4-6-14(7-5-13)12-21-19(24)20-23-22-18(27-20)11-15-8-9-16(25-2)17(10-15)26-3/h4-10H,11-12H2,1-3H3,(H,21,24). The van der Waals surface area contributed by atoms with E-state index in [0.29, 0.717) is 30.4 Å². The molecule has 3 aromatic rings. The lowest BCUT2D eigenvalue weighted by atomic mass is 10.1. The van der Waals surface area contributed by atoms with E-state index in [1.165, 1.54) is 5.56 Å². The third-order valence-electron chi connectivity index (χ3n) is 4.04. The van der Waals surface area contributed by atoms with E-state index in [9.17, 15) is 4.79 Å². The summed E-state index contributed by atoms with van der Waals surface area (Å²) in [5.74, 6) is 1.15. The molecule has 0 saturated heterocycles. The van der Waals surface area contributed by atoms with Crippen LogP contribution in [0.2, 0.25) is 0 Å². The van der Waals surface area contributed by atoms with E-state index in [1.54, 1.807) is 20.3 Å². The van der Waals surface area contributed by atoms with Crippen molar-refractivity contribution in [3.8, 4) is 11.5 Å². The maximum absolute atomic E-state index is 12.2. The van der Waals surface area contributed by atoms with Gasteiger partial charge in [-0.3, -0.25) is 4.79 Å². The Kier molecular flexibility index (Phi) is 5.71. The molecule has 27 heavy (non-hydrogen) atoms. The van der Waals surface area contributed by atoms with E-state index >= 15 is 0 Å². The average molecular weight is 367 g/mol. The van der Waals surface area contributed by atoms with Crippen molar-refractivity contribution >= 4 is 5.91 Å². The fourth-order valence-corrected chi connectivity index (χ4v) is 2.55. The first kappa shape index (κ1) is 18.4. The number of aromatic nitrogens is 2. The smallest absolute Gasteiger partial charge is 0.309 e. The molecule has 0 unspecified atom stereocenters. The van der Waals surface area contributed by atoms with Gasteiger partial charge in [0.1, 0.15) is 0 Å². The van der Waals surface area contributed by atoms with E-state index in [2.05, 4.69) is 15.5 Å². The second-order valence-electron chi connectivity index (χ2n) is 6.04. The van der Waals surface area contributed by atoms with E-state index in [1.807, 2.05) is 43.3 Å². The average Bonchev–Trinajstić information content (AvgIpc) is 3.15. The van der Waals surface area contributed by atoms with Crippen LogP contribution in [0.4, 0.5) is 0 Å². The van der Waals surface area contributed by atoms with E-state index in [4.69, 9.17) is 13.9 Å². The first-order valence-corrected chi connectivity index (χ1v) is 8.46. The summed E-state index contributed by atoms with van der Waals surface area (Å²) in [6.45, 7) is 2.41. The highest BCUT2D eigenvalue weighted by Gasteiger charge is 2.15. The molecule has 3 rings (SSSR count). The Morgan fingerprint density at radius 1 is 1.00 bits per heavy atom. The number of aryl methyl sites for hydroxylation is 1. The number of rotatable bonds is 7. The minimum atomic E-state index is -0.401. The zero-order chi connectivity index (χ0) is 19.2. The summed E-state index contributed by atoms with van der Waals surface area (Å²) in [7, 11) is 3.15. The minimum Gasteiger partial charge on any atom is -0.493 e. The molecule has 1 N–H and O–H groups in total. The molecule has 1 amide bonds. The van der Waals surface area contributed by atoms with Crippen LogP contribution in [0.3, 0.4) is 0 Å². The second kappa shape index (κ2) is 8.35. The van der Waals surface area contributed by atoms with Gasteiger partial charge in [0.15, 0.2) is 11.5 Å². The molecular formula is C20H21N3O4. The summed E-state index contributed by atoms with van der Waals surface area (Å²) >= 11 is 0. The Balaban J connectivity index is 1.62. The van der Waals surface area contributed by atoms with Crippen molar-refractivity contribution in [2.75, 3.05) is 14.2 Å². The molecule has 0 radical (unpaired) electrons. The number of methoxy groups -OCH3 is 2. The van der Waals surface area contributed by atoms with Crippen LogP contribution in [0.5, 0.6) is 11.5 Å². The molecule has 0 aliphatic rings. The maximum atomic E-state index is 12.2. The highest BCUT2D eigenvalue weighted by Crippen LogP contribution is 2.28. The number of carbonyl (C=O) groups is 1. The quantitative estimate of drug-likeness (QED) is 0.691. The summed E-state index contributed by atoms with van der Waals surface area (Å²) in [6, 6.07) is 13.4. The van der Waals surface area contributed by atoms with E-state index in [-0.39, 0.29) is 5.89 Å². The molecule has 0 aliphatic heterocycles. The Hall–Kier alpha value is -3.35. The number of nitrogens with zero attached hydrogens (tertiary/aromatic N) is 2. The molecule has 0 fully saturated rings. The van der Waals surface area contributed by atoms with Crippen LogP contribution in [0.1, 0.15) is 33.3 Å². The highest BCUT2D eigenvalue weighted by atomic mass is 16.5. The minimum absolute atomic E-state index is 0.0578. The number of carbonyl (C=O) groups excluding carboxylic acids is 1. The molecular weight excluding hydrogens is 346 g/mol. The van der Waals surface area contributed by atoms with Crippen LogP contribution >= 0.6 is 0 Å². The molecule has 0 spiro atoms. The van der Waals surface area contributed by atoms with Gasteiger partial charge in [-0.05, 0) is 30.2 Å². The van der Waals surface area contributed by atoms with Gasteiger partial charge in [-0.15, -0.1) is 10.2 Å². The van der Waals surface area contributed by atoms with Gasteiger partial charge < -0.3 is 19.2 Å². The topological polar surface area (TPSA) is 86.5 Å². The summed E-state index contributed by atoms with van der Waals surface area (Å²) < 4.78 is 16.0. The normalized spacial score (nSPS) is 10.5. The summed E-state index contributed by atoms with van der Waals surface area (Å²) in [6.07, 6.45) is 0.387. The van der Waals surface area contributed by atoms with Gasteiger partial charge in [0.2, 0.25) is 5.89 Å². The Labute approximate surface area is 157 Å². The zero-order valence-corrected chi connectivity index (χ0v) is 15.5. The van der Waals surface area contributed by atoms with E-state index in [0.717, 1.165) is 11.1 Å². The van der Waals surface area contributed by atoms with Crippen LogP contribution < -0.4 is 14.8 Å². The lowest BCUT2D eigenvalue weighted by molar-refractivity contribution is 0.0914. The van der Waals surface area contributed by atoms with Crippen molar-refractivity contribution in [3.63, 3.8) is 0 Å². The largest absolute Gasteiger partial charge is 0.493 e. The lowest BCUT2D eigenvalue weighted by Gasteiger charge is -2.08. The number of benzene rings is 2. The van der Waals surface area contributed by atoms with Gasteiger partial charge in [-0.25, -0.2) is 0 Å². The molecule has 140 valence electrons. The number of hydrogen-bond donors (Lipinski definition) is 1. The Bertz CT molecular complexity index is 919. The third-order valence-corrected chi connectivity index (χ3v) is 4.04. The van der Waals surface area contributed by atoms with Crippen LogP contribution in [-0.4, -0.2) is 30.3 Å². The van der Waals surface area contributed by atoms with Crippen molar-refractivity contribution in [2.45, 2.75) is 19.9 Å². The molecule has 1 heterocycles. The van der Waals surface area contributed by atoms with Crippen LogP contribution in [0.15, 0.2) is 46.9 Å². The first-order chi connectivity index (χ1) is 13.1. The van der Waals surface area contributed by atoms with Gasteiger partial charge in [0.05, 0.1) is 20.6 Å². The van der Waals surface area contributed by atoms with Gasteiger partial charge in [-0.1, -0.05) is 35.9 Å². The zero-order valence-electron chi connectivity index (χ0n) is 15.5. The van der Waals surface area contributed by atoms with Gasteiger partial charge in [0, 0.05) is 6.54 Å². The Morgan fingerprint density at radius 3 is 2.41 bits per heavy atom. The van der Waals surface area contributed by atoms with Crippen molar-refractivity contribution in [3.05, 3.63) is 70.9 Å². The van der Waals surface area contributed by atoms with E-state index < -0.39 is 5.91 Å². The maximum Gasteiger partial charge on any atom is 0.309 e. The van der Waals surface area contributed by atoms with Gasteiger partial charge in [-0.2, -0.15) is 0 Å². The van der Waals surface area contributed by atoms with Gasteiger partial charge in [0.25, 0.3) is 0 Å². The highest BCUT2D eigenvalue weighted by molar-refractivity contribution is 5.89. The SMILES string of the molecule is COc1ccc(Cc2nnc(C(=O)NCc3ccc(C)cc3)o2)cc1OC. The molecule has 0 bridgehead atoms. The molecule has 1 aromatic heterocycles. The summed E-state index contributed by atoms with van der Waals surface area (Å²) in [4.78, 5) is 12.2. The monoisotopic (exact) mass is 367 g/mol. The van der Waals surface area contributed by atoms with Crippen LogP contribution in [-0.2, 0) is 13.0 Å². The predicted molar refractivity (Wildman–Crippen MR) is 99.0 cm³/mol. The second-order valence-corrected chi connectivity index (χ2v) is 6.04.